The molecular formula is C25H21N5O3S. The Morgan fingerprint density at radius 3 is 2.59 bits per heavy atom. The van der Waals surface area contributed by atoms with Gasteiger partial charge in [-0.15, -0.1) is 16.4 Å². The van der Waals surface area contributed by atoms with Crippen molar-refractivity contribution in [2.75, 3.05) is 19.5 Å². The standard InChI is InChI=1S/C25H21N5O3S/c1-32-22-12-11-18(13-23(22)33-2)20-15-34-25(26-20)27-24(31)17-9-7-16(8-10-17)14-30-21-6-4-3-5-19(21)28-29-30/h3-13,15H,14H2,1-2H3,(H,26,27,31). The number of methoxy groups -OCH3 is 2. The van der Waals surface area contributed by atoms with Crippen LogP contribution in [0.4, 0.5) is 5.13 Å². The molecule has 170 valence electrons. The number of hydrogen-bond acceptors (Lipinski definition) is 7. The van der Waals surface area contributed by atoms with Crippen molar-refractivity contribution in [2.45, 2.75) is 6.54 Å². The summed E-state index contributed by atoms with van der Waals surface area (Å²) in [6.45, 7) is 0.573. The van der Waals surface area contributed by atoms with Crippen LogP contribution >= 0.6 is 11.3 Å². The molecule has 9 heteroatoms. The zero-order valence-electron chi connectivity index (χ0n) is 18.6. The largest absolute Gasteiger partial charge is 0.493 e. The highest BCUT2D eigenvalue weighted by Crippen LogP contribution is 2.33. The minimum absolute atomic E-state index is 0.217. The molecule has 0 saturated heterocycles. The number of hydrogen-bond donors (Lipinski definition) is 1. The fraction of sp³-hybridized carbons (Fsp3) is 0.120. The Hall–Kier alpha value is -4.24. The number of fused-ring (bicyclic) bond motifs is 1. The minimum Gasteiger partial charge on any atom is -0.493 e. The van der Waals surface area contributed by atoms with Crippen molar-refractivity contribution in [1.82, 2.24) is 20.0 Å². The fourth-order valence-electron chi connectivity index (χ4n) is 3.60. The van der Waals surface area contributed by atoms with Crippen LogP contribution in [0.1, 0.15) is 15.9 Å². The number of rotatable bonds is 7. The quantitative estimate of drug-likeness (QED) is 0.364. The van der Waals surface area contributed by atoms with Crippen molar-refractivity contribution < 1.29 is 14.3 Å². The van der Waals surface area contributed by atoms with Crippen LogP contribution in [0.2, 0.25) is 0 Å². The molecule has 0 saturated carbocycles. The Bertz CT molecular complexity index is 1460. The molecule has 5 rings (SSSR count). The van der Waals surface area contributed by atoms with Crippen LogP contribution in [0.25, 0.3) is 22.3 Å². The van der Waals surface area contributed by atoms with Crippen LogP contribution in [0.5, 0.6) is 11.5 Å². The summed E-state index contributed by atoms with van der Waals surface area (Å²) in [5.41, 5.74) is 5.02. The summed E-state index contributed by atoms with van der Waals surface area (Å²) in [5.74, 6) is 1.05. The van der Waals surface area contributed by atoms with E-state index in [-0.39, 0.29) is 5.91 Å². The number of nitrogens with one attached hydrogen (secondary N) is 1. The monoisotopic (exact) mass is 471 g/mol. The van der Waals surface area contributed by atoms with Crippen LogP contribution in [-0.4, -0.2) is 40.1 Å². The van der Waals surface area contributed by atoms with Gasteiger partial charge in [0.2, 0.25) is 0 Å². The Balaban J connectivity index is 1.26. The summed E-state index contributed by atoms with van der Waals surface area (Å²) < 4.78 is 12.5. The molecule has 1 N–H and O–H groups in total. The third-order valence-corrected chi connectivity index (χ3v) is 6.13. The van der Waals surface area contributed by atoms with Gasteiger partial charge >= 0.3 is 0 Å². The summed E-state index contributed by atoms with van der Waals surface area (Å²) in [6, 6.07) is 20.8. The topological polar surface area (TPSA) is 91.2 Å². The molecule has 0 radical (unpaired) electrons. The lowest BCUT2D eigenvalue weighted by molar-refractivity contribution is 0.102. The predicted molar refractivity (Wildman–Crippen MR) is 132 cm³/mol. The van der Waals surface area contributed by atoms with Crippen LogP contribution in [-0.2, 0) is 6.54 Å². The number of anilines is 1. The van der Waals surface area contributed by atoms with Crippen LogP contribution in [0, 0.1) is 0 Å². The first-order valence-electron chi connectivity index (χ1n) is 10.5. The molecule has 5 aromatic rings. The van der Waals surface area contributed by atoms with E-state index in [0.29, 0.717) is 28.7 Å². The van der Waals surface area contributed by atoms with Gasteiger partial charge in [0.15, 0.2) is 16.6 Å². The molecule has 0 unspecified atom stereocenters. The third-order valence-electron chi connectivity index (χ3n) is 5.37. The van der Waals surface area contributed by atoms with Crippen LogP contribution in [0.15, 0.2) is 72.1 Å². The van der Waals surface area contributed by atoms with E-state index in [1.165, 1.54) is 11.3 Å². The van der Waals surface area contributed by atoms with E-state index < -0.39 is 0 Å². The SMILES string of the molecule is COc1ccc(-c2csc(NC(=O)c3ccc(Cn4nnc5ccccc54)cc3)n2)cc1OC. The van der Waals surface area contributed by atoms with Gasteiger partial charge in [-0.3, -0.25) is 10.1 Å². The van der Waals surface area contributed by atoms with E-state index in [9.17, 15) is 4.79 Å². The van der Waals surface area contributed by atoms with Gasteiger partial charge in [0.25, 0.3) is 5.91 Å². The van der Waals surface area contributed by atoms with Gasteiger partial charge < -0.3 is 9.47 Å². The van der Waals surface area contributed by atoms with Crippen molar-refractivity contribution in [3.05, 3.63) is 83.2 Å². The second-order valence-electron chi connectivity index (χ2n) is 7.49. The summed E-state index contributed by atoms with van der Waals surface area (Å²) >= 11 is 1.36. The second-order valence-corrected chi connectivity index (χ2v) is 8.35. The van der Waals surface area contributed by atoms with E-state index in [1.807, 2.05) is 64.7 Å². The van der Waals surface area contributed by atoms with E-state index in [4.69, 9.17) is 9.47 Å². The van der Waals surface area contributed by atoms with E-state index >= 15 is 0 Å². The summed E-state index contributed by atoms with van der Waals surface area (Å²) in [5, 5.41) is 13.7. The molecule has 1 amide bonds. The molecular weight excluding hydrogens is 450 g/mol. The number of aromatic nitrogens is 4. The Morgan fingerprint density at radius 1 is 1.00 bits per heavy atom. The molecule has 34 heavy (non-hydrogen) atoms. The molecule has 2 aromatic heterocycles. The van der Waals surface area contributed by atoms with Crippen molar-refractivity contribution in [3.8, 4) is 22.8 Å². The maximum Gasteiger partial charge on any atom is 0.257 e. The Labute approximate surface area is 199 Å². The van der Waals surface area contributed by atoms with Gasteiger partial charge in [-0.2, -0.15) is 0 Å². The molecule has 0 aliphatic rings. The Morgan fingerprint density at radius 2 is 1.79 bits per heavy atom. The van der Waals surface area contributed by atoms with Crippen LogP contribution in [0.3, 0.4) is 0 Å². The van der Waals surface area contributed by atoms with Gasteiger partial charge in [0.1, 0.15) is 5.52 Å². The highest BCUT2D eigenvalue weighted by molar-refractivity contribution is 7.14. The summed E-state index contributed by atoms with van der Waals surface area (Å²) in [6.07, 6.45) is 0. The van der Waals surface area contributed by atoms with Crippen molar-refractivity contribution in [1.29, 1.82) is 0 Å². The van der Waals surface area contributed by atoms with Gasteiger partial charge in [-0.25, -0.2) is 9.67 Å². The van der Waals surface area contributed by atoms with E-state index in [0.717, 1.165) is 27.9 Å². The third kappa shape index (κ3) is 4.33. The lowest BCUT2D eigenvalue weighted by Gasteiger charge is -2.08. The highest BCUT2D eigenvalue weighted by Gasteiger charge is 2.13. The molecule has 0 fully saturated rings. The molecule has 3 aromatic carbocycles. The number of carbonyl (C=O) groups is 1. The lowest BCUT2D eigenvalue weighted by Crippen LogP contribution is -2.12. The van der Waals surface area contributed by atoms with E-state index in [2.05, 4.69) is 20.6 Å². The molecule has 0 aliphatic carbocycles. The number of benzene rings is 3. The normalized spacial score (nSPS) is 10.9. The number of para-hydroxylation sites is 1. The molecule has 0 atom stereocenters. The average molecular weight is 472 g/mol. The number of nitrogens with zero attached hydrogens (tertiary/aromatic N) is 4. The van der Waals surface area contributed by atoms with Gasteiger partial charge in [0.05, 0.1) is 32.0 Å². The van der Waals surface area contributed by atoms with Gasteiger partial charge in [0, 0.05) is 16.5 Å². The summed E-state index contributed by atoms with van der Waals surface area (Å²) in [4.78, 5) is 17.3. The lowest BCUT2D eigenvalue weighted by atomic mass is 10.1. The number of thiazole rings is 1. The molecule has 0 bridgehead atoms. The van der Waals surface area contributed by atoms with Gasteiger partial charge in [-0.1, -0.05) is 29.5 Å². The fourth-order valence-corrected chi connectivity index (χ4v) is 4.31. The van der Waals surface area contributed by atoms with Crippen LogP contribution < -0.4 is 14.8 Å². The van der Waals surface area contributed by atoms with Crippen molar-refractivity contribution in [2.24, 2.45) is 0 Å². The maximum atomic E-state index is 12.7. The zero-order chi connectivity index (χ0) is 23.5. The van der Waals surface area contributed by atoms with Crippen molar-refractivity contribution in [3.63, 3.8) is 0 Å². The van der Waals surface area contributed by atoms with Gasteiger partial charge in [-0.05, 0) is 48.0 Å². The maximum absolute atomic E-state index is 12.7. The first-order chi connectivity index (χ1) is 16.6. The number of amides is 1. The zero-order valence-corrected chi connectivity index (χ0v) is 19.4. The molecule has 2 heterocycles. The first kappa shape index (κ1) is 21.6. The van der Waals surface area contributed by atoms with E-state index in [1.54, 1.807) is 26.4 Å². The van der Waals surface area contributed by atoms with Crippen molar-refractivity contribution >= 4 is 33.4 Å². The minimum atomic E-state index is -0.217. The number of carbonyl (C=O) groups excluding carboxylic acids is 1. The molecule has 8 nitrogen and oxygen atoms in total. The smallest absolute Gasteiger partial charge is 0.257 e. The average Bonchev–Trinajstić information content (AvgIpc) is 3.51. The highest BCUT2D eigenvalue weighted by atomic mass is 32.1. The summed E-state index contributed by atoms with van der Waals surface area (Å²) in [7, 11) is 3.19. The Kier molecular flexibility index (Phi) is 5.92. The molecule has 0 spiro atoms. The predicted octanol–water partition coefficient (Wildman–Crippen LogP) is 4.87. The second kappa shape index (κ2) is 9.32. The molecule has 0 aliphatic heterocycles. The first-order valence-corrected chi connectivity index (χ1v) is 11.4. The number of ether oxygens (including phenoxy) is 2.